The van der Waals surface area contributed by atoms with E-state index in [9.17, 15) is 0 Å². The van der Waals surface area contributed by atoms with Gasteiger partial charge in [-0.2, -0.15) is 0 Å². The molecule has 0 bridgehead atoms. The first kappa shape index (κ1) is 12.7. The molecule has 1 saturated carbocycles. The Hall–Kier alpha value is -0.760. The Morgan fingerprint density at radius 2 is 2.00 bits per heavy atom. The molecule has 0 saturated heterocycles. The second-order valence-electron chi connectivity index (χ2n) is 5.74. The van der Waals surface area contributed by atoms with E-state index in [0.29, 0.717) is 6.04 Å². The van der Waals surface area contributed by atoms with E-state index >= 15 is 0 Å². The monoisotopic (exact) mass is 235 g/mol. The Kier molecular flexibility index (Phi) is 3.93. The zero-order valence-electron chi connectivity index (χ0n) is 11.5. The van der Waals surface area contributed by atoms with E-state index in [1.54, 1.807) is 0 Å². The SMILES string of the molecule is CNC(c1ccc(C)o1)C1CCC(C)C(C)C1. The van der Waals surface area contributed by atoms with E-state index in [1.165, 1.54) is 19.3 Å². The molecular formula is C15H25NO. The van der Waals surface area contributed by atoms with Gasteiger partial charge in [-0.15, -0.1) is 0 Å². The lowest BCUT2D eigenvalue weighted by molar-refractivity contribution is 0.163. The predicted molar refractivity (Wildman–Crippen MR) is 70.9 cm³/mol. The summed E-state index contributed by atoms with van der Waals surface area (Å²) in [6, 6.07) is 4.58. The van der Waals surface area contributed by atoms with Crippen LogP contribution in [0.3, 0.4) is 0 Å². The molecule has 4 unspecified atom stereocenters. The number of hydrogen-bond acceptors (Lipinski definition) is 2. The zero-order valence-corrected chi connectivity index (χ0v) is 11.5. The van der Waals surface area contributed by atoms with Crippen molar-refractivity contribution >= 4 is 0 Å². The fourth-order valence-electron chi connectivity index (χ4n) is 3.12. The summed E-state index contributed by atoms with van der Waals surface area (Å²) in [5.41, 5.74) is 0. The summed E-state index contributed by atoms with van der Waals surface area (Å²) >= 11 is 0. The van der Waals surface area contributed by atoms with Gasteiger partial charge in [-0.25, -0.2) is 0 Å². The Morgan fingerprint density at radius 1 is 1.24 bits per heavy atom. The van der Waals surface area contributed by atoms with Crippen LogP contribution in [0.25, 0.3) is 0 Å². The van der Waals surface area contributed by atoms with Gasteiger partial charge in [0.25, 0.3) is 0 Å². The van der Waals surface area contributed by atoms with Crippen LogP contribution in [0.2, 0.25) is 0 Å². The van der Waals surface area contributed by atoms with Crippen molar-refractivity contribution < 1.29 is 4.42 Å². The first-order chi connectivity index (χ1) is 8.11. The first-order valence-corrected chi connectivity index (χ1v) is 6.85. The van der Waals surface area contributed by atoms with Gasteiger partial charge in [0.2, 0.25) is 0 Å². The molecule has 0 radical (unpaired) electrons. The fraction of sp³-hybridized carbons (Fsp3) is 0.733. The lowest BCUT2D eigenvalue weighted by atomic mass is 9.73. The van der Waals surface area contributed by atoms with Gasteiger partial charge in [0.15, 0.2) is 0 Å². The highest BCUT2D eigenvalue weighted by Crippen LogP contribution is 2.39. The molecule has 1 aromatic rings. The zero-order chi connectivity index (χ0) is 12.4. The van der Waals surface area contributed by atoms with Crippen LogP contribution in [0.15, 0.2) is 16.5 Å². The Balaban J connectivity index is 2.08. The van der Waals surface area contributed by atoms with Crippen LogP contribution in [0.4, 0.5) is 0 Å². The van der Waals surface area contributed by atoms with Gasteiger partial charge in [0.05, 0.1) is 6.04 Å². The third kappa shape index (κ3) is 2.74. The second-order valence-corrected chi connectivity index (χ2v) is 5.74. The molecule has 1 N–H and O–H groups in total. The average molecular weight is 235 g/mol. The maximum absolute atomic E-state index is 5.79. The van der Waals surface area contributed by atoms with Gasteiger partial charge in [-0.1, -0.05) is 20.3 Å². The molecule has 2 nitrogen and oxygen atoms in total. The van der Waals surface area contributed by atoms with Crippen molar-refractivity contribution in [3.05, 3.63) is 23.7 Å². The van der Waals surface area contributed by atoms with E-state index in [4.69, 9.17) is 4.42 Å². The molecule has 4 atom stereocenters. The third-order valence-electron chi connectivity index (χ3n) is 4.49. The summed E-state index contributed by atoms with van der Waals surface area (Å²) < 4.78 is 5.79. The summed E-state index contributed by atoms with van der Waals surface area (Å²) in [6.07, 6.45) is 3.98. The minimum atomic E-state index is 0.388. The van der Waals surface area contributed by atoms with Gasteiger partial charge in [0.1, 0.15) is 11.5 Å². The van der Waals surface area contributed by atoms with Crippen molar-refractivity contribution in [2.75, 3.05) is 7.05 Å². The minimum absolute atomic E-state index is 0.388. The predicted octanol–water partition coefficient (Wildman–Crippen LogP) is 3.92. The van der Waals surface area contributed by atoms with Crippen molar-refractivity contribution in [2.24, 2.45) is 17.8 Å². The summed E-state index contributed by atoms with van der Waals surface area (Å²) in [5, 5.41) is 3.44. The molecule has 2 heteroatoms. The van der Waals surface area contributed by atoms with Crippen LogP contribution >= 0.6 is 0 Å². The third-order valence-corrected chi connectivity index (χ3v) is 4.49. The molecular weight excluding hydrogens is 210 g/mol. The maximum atomic E-state index is 5.79. The first-order valence-electron chi connectivity index (χ1n) is 6.85. The number of rotatable bonds is 3. The molecule has 0 spiro atoms. The maximum Gasteiger partial charge on any atom is 0.121 e. The molecule has 1 heterocycles. The van der Waals surface area contributed by atoms with E-state index in [1.807, 2.05) is 14.0 Å². The van der Waals surface area contributed by atoms with E-state index < -0.39 is 0 Å². The summed E-state index contributed by atoms with van der Waals surface area (Å²) in [4.78, 5) is 0. The molecule has 0 aromatic carbocycles. The number of furan rings is 1. The summed E-state index contributed by atoms with van der Waals surface area (Å²) in [6.45, 7) is 6.78. The summed E-state index contributed by atoms with van der Waals surface area (Å²) in [7, 11) is 2.05. The van der Waals surface area contributed by atoms with Crippen molar-refractivity contribution in [3.63, 3.8) is 0 Å². The van der Waals surface area contributed by atoms with Crippen molar-refractivity contribution in [2.45, 2.75) is 46.1 Å². The molecule has 1 aromatic heterocycles. The highest BCUT2D eigenvalue weighted by atomic mass is 16.3. The molecule has 1 aliphatic rings. The van der Waals surface area contributed by atoms with Gasteiger partial charge < -0.3 is 9.73 Å². The average Bonchev–Trinajstić information content (AvgIpc) is 2.71. The normalized spacial score (nSPS) is 31.4. The van der Waals surface area contributed by atoms with Crippen LogP contribution in [-0.4, -0.2) is 7.05 Å². The molecule has 0 amide bonds. The van der Waals surface area contributed by atoms with Crippen molar-refractivity contribution in [1.29, 1.82) is 0 Å². The van der Waals surface area contributed by atoms with Crippen LogP contribution in [0.1, 0.15) is 50.7 Å². The molecule has 2 rings (SSSR count). The molecule has 17 heavy (non-hydrogen) atoms. The van der Waals surface area contributed by atoms with E-state index in [0.717, 1.165) is 29.3 Å². The number of hydrogen-bond donors (Lipinski definition) is 1. The quantitative estimate of drug-likeness (QED) is 0.859. The van der Waals surface area contributed by atoms with Crippen LogP contribution in [0, 0.1) is 24.7 Å². The molecule has 1 aliphatic carbocycles. The smallest absolute Gasteiger partial charge is 0.121 e. The number of aryl methyl sites for hydroxylation is 1. The van der Waals surface area contributed by atoms with Crippen LogP contribution in [0.5, 0.6) is 0 Å². The molecule has 96 valence electrons. The molecule has 1 fully saturated rings. The van der Waals surface area contributed by atoms with Gasteiger partial charge in [-0.05, 0) is 56.7 Å². The topological polar surface area (TPSA) is 25.2 Å². The largest absolute Gasteiger partial charge is 0.465 e. The fourth-order valence-corrected chi connectivity index (χ4v) is 3.12. The van der Waals surface area contributed by atoms with Crippen molar-refractivity contribution in [3.8, 4) is 0 Å². The van der Waals surface area contributed by atoms with Crippen molar-refractivity contribution in [1.82, 2.24) is 5.32 Å². The lowest BCUT2D eigenvalue weighted by Gasteiger charge is -2.35. The number of nitrogens with one attached hydrogen (secondary N) is 1. The van der Waals surface area contributed by atoms with Gasteiger partial charge in [0, 0.05) is 0 Å². The minimum Gasteiger partial charge on any atom is -0.465 e. The highest BCUT2D eigenvalue weighted by molar-refractivity contribution is 5.11. The van der Waals surface area contributed by atoms with Crippen LogP contribution < -0.4 is 5.32 Å². The summed E-state index contributed by atoms with van der Waals surface area (Å²) in [5.74, 6) is 4.55. The second kappa shape index (κ2) is 5.26. The lowest BCUT2D eigenvalue weighted by Crippen LogP contribution is -2.31. The Bertz CT molecular complexity index is 358. The van der Waals surface area contributed by atoms with E-state index in [2.05, 4.69) is 31.3 Å². The standard InChI is InChI=1S/C15H25NO/c1-10-5-7-13(9-11(10)2)15(16-4)14-8-6-12(3)17-14/h6,8,10-11,13,15-16H,5,7,9H2,1-4H3. The molecule has 0 aliphatic heterocycles. The van der Waals surface area contributed by atoms with E-state index in [-0.39, 0.29) is 0 Å². The van der Waals surface area contributed by atoms with Crippen LogP contribution in [-0.2, 0) is 0 Å². The van der Waals surface area contributed by atoms with Gasteiger partial charge in [-0.3, -0.25) is 0 Å². The van der Waals surface area contributed by atoms with Gasteiger partial charge >= 0.3 is 0 Å². The Morgan fingerprint density at radius 3 is 2.53 bits per heavy atom. The highest BCUT2D eigenvalue weighted by Gasteiger charge is 2.31. The Labute approximate surface area is 105 Å².